The number of carbonyl (C=O) groups is 2. The maximum absolute atomic E-state index is 12.8. The monoisotopic (exact) mass is 338 g/mol. The van der Waals surface area contributed by atoms with E-state index in [1.54, 1.807) is 6.20 Å². The summed E-state index contributed by atoms with van der Waals surface area (Å²) in [5.74, 6) is 0.173. The molecule has 2 N–H and O–H groups in total. The number of nitrogens with one attached hydrogen (secondary N) is 2. The number of fused-ring (bicyclic) bond motifs is 1. The van der Waals surface area contributed by atoms with Crippen molar-refractivity contribution in [2.45, 2.75) is 44.6 Å². The molecule has 1 atom stereocenters. The highest BCUT2D eigenvalue weighted by Gasteiger charge is 2.29. The summed E-state index contributed by atoms with van der Waals surface area (Å²) < 4.78 is 0. The summed E-state index contributed by atoms with van der Waals surface area (Å²) in [7, 11) is 0. The molecule has 1 saturated heterocycles. The highest BCUT2D eigenvalue weighted by Crippen LogP contribution is 2.31. The highest BCUT2D eigenvalue weighted by atomic mass is 16.2. The molecule has 1 unspecified atom stereocenters. The Hall–Kier alpha value is -2.63. The number of ketones is 1. The van der Waals surface area contributed by atoms with Crippen LogP contribution in [0.15, 0.2) is 30.6 Å². The topological polar surface area (TPSA) is 78.1 Å². The number of H-pyrrole nitrogens is 1. The van der Waals surface area contributed by atoms with Crippen LogP contribution in [0.4, 0.5) is 10.5 Å². The van der Waals surface area contributed by atoms with Gasteiger partial charge in [0.2, 0.25) is 0 Å². The van der Waals surface area contributed by atoms with Gasteiger partial charge >= 0.3 is 6.03 Å². The van der Waals surface area contributed by atoms with Gasteiger partial charge in [-0.25, -0.2) is 4.79 Å². The summed E-state index contributed by atoms with van der Waals surface area (Å²) in [5.41, 5.74) is 3.57. The first kappa shape index (κ1) is 15.9. The maximum Gasteiger partial charge on any atom is 0.322 e. The van der Waals surface area contributed by atoms with Crippen LogP contribution in [-0.4, -0.2) is 33.5 Å². The van der Waals surface area contributed by atoms with Crippen LogP contribution < -0.4 is 5.32 Å². The zero-order valence-electron chi connectivity index (χ0n) is 14.1. The molecule has 1 aliphatic heterocycles. The number of hydrogen-bond acceptors (Lipinski definition) is 3. The van der Waals surface area contributed by atoms with E-state index in [4.69, 9.17) is 0 Å². The first-order valence-electron chi connectivity index (χ1n) is 8.95. The SMILES string of the molecule is O=C1CCCc2ccc(NC(=O)N3CCCCC3c3cn[nH]c3)cc21. The lowest BCUT2D eigenvalue weighted by molar-refractivity contribution is 0.0972. The molecule has 6 heteroatoms. The number of carbonyl (C=O) groups excluding carboxylic acids is 2. The Balaban J connectivity index is 1.53. The zero-order valence-corrected chi connectivity index (χ0v) is 14.1. The van der Waals surface area contributed by atoms with Crippen LogP contribution in [0, 0.1) is 0 Å². The van der Waals surface area contributed by atoms with E-state index >= 15 is 0 Å². The quantitative estimate of drug-likeness (QED) is 0.876. The van der Waals surface area contributed by atoms with Crippen LogP contribution in [0.1, 0.15) is 59.6 Å². The number of piperidine rings is 1. The van der Waals surface area contributed by atoms with Crippen molar-refractivity contribution in [2.24, 2.45) is 0 Å². The van der Waals surface area contributed by atoms with Crippen LogP contribution >= 0.6 is 0 Å². The molecule has 0 bridgehead atoms. The molecule has 4 rings (SSSR count). The Morgan fingerprint density at radius 2 is 2.16 bits per heavy atom. The van der Waals surface area contributed by atoms with Crippen LogP contribution in [0.2, 0.25) is 0 Å². The lowest BCUT2D eigenvalue weighted by Gasteiger charge is -2.35. The number of likely N-dealkylation sites (tertiary alicyclic amines) is 1. The van der Waals surface area contributed by atoms with Gasteiger partial charge in [-0.1, -0.05) is 6.07 Å². The number of anilines is 1. The van der Waals surface area contributed by atoms with E-state index in [1.807, 2.05) is 29.3 Å². The van der Waals surface area contributed by atoms with E-state index in [9.17, 15) is 9.59 Å². The maximum atomic E-state index is 12.8. The molecular formula is C19H22N4O2. The van der Waals surface area contributed by atoms with E-state index in [-0.39, 0.29) is 17.9 Å². The fraction of sp³-hybridized carbons (Fsp3) is 0.421. The van der Waals surface area contributed by atoms with Gasteiger partial charge in [0, 0.05) is 36.0 Å². The van der Waals surface area contributed by atoms with Crippen molar-refractivity contribution < 1.29 is 9.59 Å². The molecule has 0 saturated carbocycles. The van der Waals surface area contributed by atoms with Crippen LogP contribution in [0.25, 0.3) is 0 Å². The number of Topliss-reactive ketones (excluding diaryl/α,β-unsaturated/α-hetero) is 1. The molecule has 130 valence electrons. The lowest BCUT2D eigenvalue weighted by atomic mass is 9.90. The smallest absolute Gasteiger partial charge is 0.317 e. The zero-order chi connectivity index (χ0) is 17.2. The van der Waals surface area contributed by atoms with Gasteiger partial charge in [-0.3, -0.25) is 9.89 Å². The molecule has 2 amide bonds. The number of aryl methyl sites for hydroxylation is 1. The number of aromatic amines is 1. The number of urea groups is 1. The normalized spacial score (nSPS) is 20.2. The van der Waals surface area contributed by atoms with Crippen molar-refractivity contribution in [1.29, 1.82) is 0 Å². The second kappa shape index (κ2) is 6.70. The van der Waals surface area contributed by atoms with E-state index in [2.05, 4.69) is 15.5 Å². The van der Waals surface area contributed by atoms with Crippen molar-refractivity contribution in [3.63, 3.8) is 0 Å². The average Bonchev–Trinajstić information content (AvgIpc) is 3.17. The van der Waals surface area contributed by atoms with E-state index in [1.165, 1.54) is 0 Å². The number of nitrogens with zero attached hydrogens (tertiary/aromatic N) is 2. The molecule has 1 aromatic carbocycles. The number of benzene rings is 1. The molecule has 1 aromatic heterocycles. The summed E-state index contributed by atoms with van der Waals surface area (Å²) in [5, 5.41) is 9.82. The Morgan fingerprint density at radius 3 is 3.00 bits per heavy atom. The summed E-state index contributed by atoms with van der Waals surface area (Å²) >= 11 is 0. The van der Waals surface area contributed by atoms with Gasteiger partial charge in [0.25, 0.3) is 0 Å². The van der Waals surface area contributed by atoms with Crippen LogP contribution in [0.3, 0.4) is 0 Å². The van der Waals surface area contributed by atoms with Crippen LogP contribution in [-0.2, 0) is 6.42 Å². The van der Waals surface area contributed by atoms with E-state index < -0.39 is 0 Å². The average molecular weight is 338 g/mol. The molecule has 6 nitrogen and oxygen atoms in total. The van der Waals surface area contributed by atoms with Gasteiger partial charge in [0.05, 0.1) is 12.2 Å². The van der Waals surface area contributed by atoms with E-state index in [0.29, 0.717) is 12.1 Å². The van der Waals surface area contributed by atoms with Gasteiger partial charge in [-0.15, -0.1) is 0 Å². The van der Waals surface area contributed by atoms with Crippen LogP contribution in [0.5, 0.6) is 0 Å². The molecule has 0 spiro atoms. The van der Waals surface area contributed by atoms with Crippen molar-refractivity contribution >= 4 is 17.5 Å². The Kier molecular flexibility index (Phi) is 4.26. The highest BCUT2D eigenvalue weighted by molar-refractivity contribution is 6.00. The van der Waals surface area contributed by atoms with Gasteiger partial charge in [0.1, 0.15) is 0 Å². The fourth-order valence-corrected chi connectivity index (χ4v) is 3.87. The van der Waals surface area contributed by atoms with E-state index in [0.717, 1.165) is 55.3 Å². The van der Waals surface area contributed by atoms with Gasteiger partial charge < -0.3 is 10.2 Å². The standard InChI is InChI=1S/C19H22N4O2/c24-18-6-3-4-13-7-8-15(10-16(13)18)22-19(25)23-9-2-1-5-17(23)14-11-20-21-12-14/h7-8,10-12,17H,1-6,9H2,(H,20,21)(H,22,25). The van der Waals surface area contributed by atoms with Crippen molar-refractivity contribution in [3.05, 3.63) is 47.3 Å². The van der Waals surface area contributed by atoms with Crippen molar-refractivity contribution in [1.82, 2.24) is 15.1 Å². The summed E-state index contributed by atoms with van der Waals surface area (Å²) in [6.45, 7) is 0.728. The van der Waals surface area contributed by atoms with Crippen molar-refractivity contribution in [3.8, 4) is 0 Å². The molecule has 2 heterocycles. The number of rotatable bonds is 2. The van der Waals surface area contributed by atoms with Gasteiger partial charge in [-0.05, 0) is 49.8 Å². The number of aromatic nitrogens is 2. The molecular weight excluding hydrogens is 316 g/mol. The Bertz CT molecular complexity index is 785. The predicted octanol–water partition coefficient (Wildman–Crippen LogP) is 3.69. The minimum atomic E-state index is -0.117. The van der Waals surface area contributed by atoms with Gasteiger partial charge in [-0.2, -0.15) is 5.10 Å². The van der Waals surface area contributed by atoms with Gasteiger partial charge in [0.15, 0.2) is 5.78 Å². The number of amides is 2. The molecule has 1 fully saturated rings. The first-order valence-corrected chi connectivity index (χ1v) is 8.95. The lowest BCUT2D eigenvalue weighted by Crippen LogP contribution is -2.41. The Labute approximate surface area is 146 Å². The number of hydrogen-bond donors (Lipinski definition) is 2. The third-order valence-corrected chi connectivity index (χ3v) is 5.18. The van der Waals surface area contributed by atoms with Crippen molar-refractivity contribution in [2.75, 3.05) is 11.9 Å². The minimum absolute atomic E-state index is 0.0479. The molecule has 2 aliphatic rings. The second-order valence-electron chi connectivity index (χ2n) is 6.82. The predicted molar refractivity (Wildman–Crippen MR) is 94.6 cm³/mol. The first-order chi connectivity index (χ1) is 12.2. The second-order valence-corrected chi connectivity index (χ2v) is 6.82. The molecule has 2 aromatic rings. The summed E-state index contributed by atoms with van der Waals surface area (Å²) in [6.07, 6.45) is 9.13. The summed E-state index contributed by atoms with van der Waals surface area (Å²) in [4.78, 5) is 26.8. The third kappa shape index (κ3) is 3.16. The Morgan fingerprint density at radius 1 is 1.24 bits per heavy atom. The third-order valence-electron chi connectivity index (χ3n) is 5.18. The molecule has 1 aliphatic carbocycles. The summed E-state index contributed by atoms with van der Waals surface area (Å²) in [6, 6.07) is 5.62. The largest absolute Gasteiger partial charge is 0.322 e. The molecule has 25 heavy (non-hydrogen) atoms. The minimum Gasteiger partial charge on any atom is -0.317 e. The molecule has 0 radical (unpaired) electrons. The fourth-order valence-electron chi connectivity index (χ4n) is 3.87.